The van der Waals surface area contributed by atoms with Crippen LogP contribution in [0.15, 0.2) is 30.3 Å². The fraction of sp³-hybridized carbons (Fsp3) is 0.435. The van der Waals surface area contributed by atoms with Crippen LogP contribution in [0.5, 0.6) is 0 Å². The number of aliphatic hydroxyl groups is 1. The smallest absolute Gasteiger partial charge is 0.256 e. The molecule has 12 heteroatoms. The third kappa shape index (κ3) is 4.80. The lowest BCUT2D eigenvalue weighted by Gasteiger charge is -2.35. The van der Waals surface area contributed by atoms with Gasteiger partial charge in [0.05, 0.1) is 41.5 Å². The lowest BCUT2D eigenvalue weighted by Crippen LogP contribution is -2.39. The molecule has 0 bridgehead atoms. The van der Waals surface area contributed by atoms with Gasteiger partial charge in [-0.05, 0) is 43.9 Å². The molecular weight excluding hydrogens is 492 g/mol. The standard InChI is InChI=1S/C23H27ClN6O4S/c1-35(33,34)27-18-7-6-15(24)11-17(18)23(32)29-10-3-2-5-20(29)19-13-22-25-21(28-8-4-9-28)12-16(14-31)30(22)26-19/h6-7,11-13,20,27,31H,2-5,8-10,14H2,1H3/t20-/m0/s1. The van der Waals surface area contributed by atoms with Crippen molar-refractivity contribution in [2.45, 2.75) is 38.3 Å². The molecule has 2 aliphatic rings. The number of carbonyl (C=O) groups excluding carboxylic acids is 1. The first kappa shape index (κ1) is 23.8. The second-order valence-corrected chi connectivity index (χ2v) is 11.2. The van der Waals surface area contributed by atoms with Crippen molar-refractivity contribution in [2.24, 2.45) is 0 Å². The average Bonchev–Trinajstić information content (AvgIpc) is 3.21. The second kappa shape index (κ2) is 9.29. The van der Waals surface area contributed by atoms with Gasteiger partial charge in [-0.3, -0.25) is 9.52 Å². The van der Waals surface area contributed by atoms with Crippen LogP contribution in [-0.4, -0.2) is 64.8 Å². The number of halogens is 1. The Morgan fingerprint density at radius 3 is 2.66 bits per heavy atom. The molecule has 186 valence electrons. The summed E-state index contributed by atoms with van der Waals surface area (Å²) in [6, 6.07) is 7.92. The number of rotatable bonds is 6. The summed E-state index contributed by atoms with van der Waals surface area (Å²) < 4.78 is 27.8. The Morgan fingerprint density at radius 2 is 1.97 bits per heavy atom. The van der Waals surface area contributed by atoms with Crippen LogP contribution in [0.3, 0.4) is 0 Å². The number of aromatic nitrogens is 3. The topological polar surface area (TPSA) is 120 Å². The molecule has 5 rings (SSSR count). The number of carbonyl (C=O) groups is 1. The van der Waals surface area contributed by atoms with Gasteiger partial charge < -0.3 is 14.9 Å². The minimum Gasteiger partial charge on any atom is -0.390 e. The van der Waals surface area contributed by atoms with E-state index in [1.165, 1.54) is 12.1 Å². The first-order valence-corrected chi connectivity index (χ1v) is 13.8. The Bertz CT molecular complexity index is 1390. The minimum absolute atomic E-state index is 0.183. The summed E-state index contributed by atoms with van der Waals surface area (Å²) in [5.74, 6) is 0.489. The SMILES string of the molecule is CS(=O)(=O)Nc1ccc(Cl)cc1C(=O)N1CCCC[C@H]1c1cc2nc(N3CCC3)cc(CO)n2n1. The Morgan fingerprint density at radius 1 is 1.17 bits per heavy atom. The van der Waals surface area contributed by atoms with Gasteiger partial charge in [-0.1, -0.05) is 11.6 Å². The van der Waals surface area contributed by atoms with Crippen LogP contribution in [0, 0.1) is 0 Å². The fourth-order valence-corrected chi connectivity index (χ4v) is 5.39. The number of hydrogen-bond acceptors (Lipinski definition) is 7. The van der Waals surface area contributed by atoms with E-state index < -0.39 is 10.0 Å². The third-order valence-electron chi connectivity index (χ3n) is 6.46. The van der Waals surface area contributed by atoms with E-state index in [1.807, 2.05) is 12.1 Å². The Labute approximate surface area is 208 Å². The summed E-state index contributed by atoms with van der Waals surface area (Å²) in [5.41, 5.74) is 2.30. The minimum atomic E-state index is -3.59. The molecule has 1 atom stereocenters. The number of fused-ring (bicyclic) bond motifs is 1. The summed E-state index contributed by atoms with van der Waals surface area (Å²) in [4.78, 5) is 22.3. The molecule has 35 heavy (non-hydrogen) atoms. The highest BCUT2D eigenvalue weighted by atomic mass is 35.5. The van der Waals surface area contributed by atoms with Gasteiger partial charge in [0.2, 0.25) is 10.0 Å². The number of nitrogens with zero attached hydrogens (tertiary/aromatic N) is 5. The zero-order valence-electron chi connectivity index (χ0n) is 19.3. The van der Waals surface area contributed by atoms with E-state index in [0.29, 0.717) is 35.0 Å². The maximum absolute atomic E-state index is 13.7. The van der Waals surface area contributed by atoms with Gasteiger partial charge in [0.15, 0.2) is 5.65 Å². The zero-order chi connectivity index (χ0) is 24.7. The Balaban J connectivity index is 1.52. The molecule has 4 heterocycles. The molecule has 1 amide bonds. The van der Waals surface area contributed by atoms with Crippen molar-refractivity contribution >= 4 is 44.7 Å². The molecule has 0 spiro atoms. The number of sulfonamides is 1. The third-order valence-corrected chi connectivity index (χ3v) is 7.29. The number of amides is 1. The van der Waals surface area contributed by atoms with Crippen molar-refractivity contribution in [2.75, 3.05) is 35.5 Å². The summed E-state index contributed by atoms with van der Waals surface area (Å²) in [7, 11) is -3.59. The molecule has 1 aromatic carbocycles. The molecule has 0 radical (unpaired) electrons. The summed E-state index contributed by atoms with van der Waals surface area (Å²) in [6.45, 7) is 2.19. The molecular formula is C23H27ClN6O4S. The van der Waals surface area contributed by atoms with Crippen LogP contribution in [-0.2, 0) is 16.6 Å². The lowest BCUT2D eigenvalue weighted by molar-refractivity contribution is 0.0606. The van der Waals surface area contributed by atoms with E-state index in [2.05, 4.69) is 9.62 Å². The van der Waals surface area contributed by atoms with Gasteiger partial charge in [-0.2, -0.15) is 5.10 Å². The molecule has 0 aliphatic carbocycles. The van der Waals surface area contributed by atoms with Crippen LogP contribution in [0.1, 0.15) is 53.5 Å². The summed E-state index contributed by atoms with van der Waals surface area (Å²) in [6.07, 6.45) is 4.61. The van der Waals surface area contributed by atoms with E-state index in [4.69, 9.17) is 21.7 Å². The monoisotopic (exact) mass is 518 g/mol. The lowest BCUT2D eigenvalue weighted by atomic mass is 9.98. The van der Waals surface area contributed by atoms with Crippen LogP contribution in [0.25, 0.3) is 5.65 Å². The predicted octanol–water partition coefficient (Wildman–Crippen LogP) is 2.82. The number of nitrogens with one attached hydrogen (secondary N) is 1. The van der Waals surface area contributed by atoms with Gasteiger partial charge in [-0.15, -0.1) is 0 Å². The largest absolute Gasteiger partial charge is 0.390 e. The van der Waals surface area contributed by atoms with E-state index in [0.717, 1.165) is 44.4 Å². The van der Waals surface area contributed by atoms with Crippen molar-refractivity contribution < 1.29 is 18.3 Å². The molecule has 10 nitrogen and oxygen atoms in total. The molecule has 0 unspecified atom stereocenters. The average molecular weight is 519 g/mol. The van der Waals surface area contributed by atoms with Gasteiger partial charge in [0, 0.05) is 36.8 Å². The van der Waals surface area contributed by atoms with Crippen molar-refractivity contribution in [1.29, 1.82) is 0 Å². The number of anilines is 2. The van der Waals surface area contributed by atoms with E-state index in [-0.39, 0.29) is 29.8 Å². The number of aliphatic hydroxyl groups excluding tert-OH is 1. The van der Waals surface area contributed by atoms with Crippen molar-refractivity contribution in [3.63, 3.8) is 0 Å². The molecule has 0 saturated carbocycles. The first-order chi connectivity index (χ1) is 16.7. The molecule has 2 aliphatic heterocycles. The molecule has 2 fully saturated rings. The van der Waals surface area contributed by atoms with E-state index in [9.17, 15) is 18.3 Å². The highest BCUT2D eigenvalue weighted by Gasteiger charge is 2.32. The molecule has 2 saturated heterocycles. The number of benzene rings is 1. The van der Waals surface area contributed by atoms with Crippen LogP contribution in [0.4, 0.5) is 11.5 Å². The van der Waals surface area contributed by atoms with E-state index >= 15 is 0 Å². The maximum Gasteiger partial charge on any atom is 0.256 e. The highest BCUT2D eigenvalue weighted by Crippen LogP contribution is 2.34. The number of likely N-dealkylation sites (tertiary alicyclic amines) is 1. The zero-order valence-corrected chi connectivity index (χ0v) is 20.9. The van der Waals surface area contributed by atoms with Crippen LogP contribution >= 0.6 is 11.6 Å². The van der Waals surface area contributed by atoms with Gasteiger partial charge in [0.1, 0.15) is 5.82 Å². The van der Waals surface area contributed by atoms with Crippen LogP contribution < -0.4 is 9.62 Å². The van der Waals surface area contributed by atoms with Crippen LogP contribution in [0.2, 0.25) is 5.02 Å². The number of piperidine rings is 1. The number of hydrogen-bond donors (Lipinski definition) is 2. The first-order valence-electron chi connectivity index (χ1n) is 11.6. The van der Waals surface area contributed by atoms with E-state index in [1.54, 1.807) is 15.5 Å². The van der Waals surface area contributed by atoms with Crippen molar-refractivity contribution in [1.82, 2.24) is 19.5 Å². The maximum atomic E-state index is 13.7. The molecule has 2 N–H and O–H groups in total. The van der Waals surface area contributed by atoms with Gasteiger partial charge in [0.25, 0.3) is 5.91 Å². The van der Waals surface area contributed by atoms with Gasteiger partial charge >= 0.3 is 0 Å². The fourth-order valence-electron chi connectivity index (χ4n) is 4.64. The van der Waals surface area contributed by atoms with Gasteiger partial charge in [-0.25, -0.2) is 17.9 Å². The van der Waals surface area contributed by atoms with Crippen molar-refractivity contribution in [3.05, 3.63) is 52.3 Å². The summed E-state index contributed by atoms with van der Waals surface area (Å²) >= 11 is 6.17. The summed E-state index contributed by atoms with van der Waals surface area (Å²) in [5, 5.41) is 15.0. The van der Waals surface area contributed by atoms with Crippen molar-refractivity contribution in [3.8, 4) is 0 Å². The molecule has 2 aromatic heterocycles. The highest BCUT2D eigenvalue weighted by molar-refractivity contribution is 7.92. The predicted molar refractivity (Wildman–Crippen MR) is 133 cm³/mol. The second-order valence-electron chi connectivity index (χ2n) is 9.02. The Kier molecular flexibility index (Phi) is 6.32. The molecule has 3 aromatic rings. The Hall–Kier alpha value is -2.89. The normalized spacial score (nSPS) is 18.5. The quantitative estimate of drug-likeness (QED) is 0.514.